The average Bonchev–Trinajstić information content (AvgIpc) is 3.63. The number of fused-ring (bicyclic) bond motifs is 5. The highest BCUT2D eigenvalue weighted by atomic mass is 32.1. The van der Waals surface area contributed by atoms with Gasteiger partial charge in [0.25, 0.3) is 0 Å². The molecule has 0 saturated heterocycles. The third kappa shape index (κ3) is 4.44. The monoisotopic (exact) mass is 486 g/mol. The second kappa shape index (κ2) is 9.30. The minimum absolute atomic E-state index is 0.469. The molecule has 6 rings (SSSR count). The van der Waals surface area contributed by atoms with Crippen molar-refractivity contribution >= 4 is 22.4 Å². The molecule has 0 amide bonds. The second-order valence-corrected chi connectivity index (χ2v) is 11.5. The van der Waals surface area contributed by atoms with E-state index in [-0.39, 0.29) is 0 Å². The van der Waals surface area contributed by atoms with Crippen LogP contribution in [0.15, 0.2) is 52.8 Å². The van der Waals surface area contributed by atoms with Gasteiger partial charge in [-0.15, -0.1) is 11.3 Å². The molecule has 3 aliphatic rings. The highest BCUT2D eigenvalue weighted by Gasteiger charge is 2.53. The summed E-state index contributed by atoms with van der Waals surface area (Å²) in [6.07, 6.45) is 7.13. The number of thiazole rings is 1. The highest BCUT2D eigenvalue weighted by molar-refractivity contribution is 7.14. The van der Waals surface area contributed by atoms with Crippen molar-refractivity contribution in [3.8, 4) is 22.8 Å². The first-order valence-corrected chi connectivity index (χ1v) is 13.8. The van der Waals surface area contributed by atoms with Crippen LogP contribution in [0.2, 0.25) is 0 Å². The molecule has 5 unspecified atom stereocenters. The Morgan fingerprint density at radius 2 is 1.94 bits per heavy atom. The summed E-state index contributed by atoms with van der Waals surface area (Å²) >= 11 is 1.54. The Hall–Kier alpha value is -2.86. The maximum atomic E-state index is 6.29. The van der Waals surface area contributed by atoms with E-state index in [1.54, 1.807) is 0 Å². The summed E-state index contributed by atoms with van der Waals surface area (Å²) in [5, 5.41) is 6.02. The van der Waals surface area contributed by atoms with Crippen LogP contribution in [0, 0.1) is 43.4 Å². The Morgan fingerprint density at radius 1 is 1.09 bits per heavy atom. The molecule has 3 N–H and O–H groups in total. The number of aliphatic imine (C=N–C) groups is 1. The summed E-state index contributed by atoms with van der Waals surface area (Å²) in [5.41, 5.74) is 10.4. The van der Waals surface area contributed by atoms with Gasteiger partial charge >= 0.3 is 0 Å². The van der Waals surface area contributed by atoms with E-state index >= 15 is 0 Å². The zero-order valence-corrected chi connectivity index (χ0v) is 21.4. The maximum Gasteiger partial charge on any atom is 0.194 e. The van der Waals surface area contributed by atoms with E-state index in [0.717, 1.165) is 63.7 Å². The first kappa shape index (κ1) is 22.6. The van der Waals surface area contributed by atoms with Crippen LogP contribution in [0.5, 0.6) is 11.5 Å². The molecule has 5 nitrogen and oxygen atoms in total. The molecule has 1 heterocycles. The number of nitrogens with two attached hydrogens (primary N) is 1. The second-order valence-electron chi connectivity index (χ2n) is 10.7. The molecule has 3 fully saturated rings. The van der Waals surface area contributed by atoms with Crippen molar-refractivity contribution < 1.29 is 4.74 Å². The third-order valence-corrected chi connectivity index (χ3v) is 9.27. The van der Waals surface area contributed by atoms with Crippen LogP contribution >= 0.6 is 11.3 Å². The van der Waals surface area contributed by atoms with E-state index in [0.29, 0.717) is 11.9 Å². The predicted octanol–water partition coefficient (Wildman–Crippen LogP) is 7.02. The number of rotatable bonds is 6. The number of ether oxygens (including phenoxy) is 1. The van der Waals surface area contributed by atoms with E-state index in [9.17, 15) is 0 Å². The number of benzene rings is 2. The van der Waals surface area contributed by atoms with Crippen molar-refractivity contribution in [1.29, 1.82) is 0 Å². The smallest absolute Gasteiger partial charge is 0.194 e. The Kier molecular flexibility index (Phi) is 6.01. The molecule has 2 aromatic carbocycles. The van der Waals surface area contributed by atoms with Crippen LogP contribution in [0.1, 0.15) is 43.2 Å². The highest BCUT2D eigenvalue weighted by Crippen LogP contribution is 2.60. The molecule has 3 aromatic rings. The molecule has 0 aliphatic heterocycles. The van der Waals surface area contributed by atoms with Crippen molar-refractivity contribution in [3.05, 3.63) is 59.0 Å². The fourth-order valence-corrected chi connectivity index (χ4v) is 7.76. The van der Waals surface area contributed by atoms with Gasteiger partial charge in [0.1, 0.15) is 11.5 Å². The quantitative estimate of drug-likeness (QED) is 0.290. The van der Waals surface area contributed by atoms with Gasteiger partial charge in [-0.3, -0.25) is 4.99 Å². The standard InChI is InChI=1S/C29H34N4OS/c1-17-10-11-26(18(2)12-17)34-27-9-4-3-6-23(27)25-16-35-29(32-25)33-28(30)31-15-20-13-19-14-24(20)22-8-5-7-21(19)22/h3-4,6,9-12,16,19-22,24H,5,7-8,13-15H2,1-2H3,(H3,30,31,32,33). The summed E-state index contributed by atoms with van der Waals surface area (Å²) in [6, 6.07) is 14.3. The normalized spacial score (nSPS) is 27.3. The van der Waals surface area contributed by atoms with E-state index < -0.39 is 0 Å². The Morgan fingerprint density at radius 3 is 2.83 bits per heavy atom. The van der Waals surface area contributed by atoms with Gasteiger partial charge in [0.15, 0.2) is 11.1 Å². The summed E-state index contributed by atoms with van der Waals surface area (Å²) in [5.74, 6) is 6.65. The molecule has 5 atom stereocenters. The largest absolute Gasteiger partial charge is 0.456 e. The molecule has 1 aromatic heterocycles. The number of nitrogens with one attached hydrogen (secondary N) is 1. The molecule has 6 heteroatoms. The van der Waals surface area contributed by atoms with Crippen molar-refractivity contribution in [2.24, 2.45) is 40.3 Å². The number of nitrogens with zero attached hydrogens (tertiary/aromatic N) is 2. The summed E-state index contributed by atoms with van der Waals surface area (Å²) in [7, 11) is 0. The van der Waals surface area contributed by atoms with E-state index in [1.165, 1.54) is 49.0 Å². The summed E-state index contributed by atoms with van der Waals surface area (Å²) in [4.78, 5) is 9.52. The Balaban J connectivity index is 1.12. The third-order valence-electron chi connectivity index (χ3n) is 8.51. The molecular weight excluding hydrogens is 452 g/mol. The van der Waals surface area contributed by atoms with Gasteiger partial charge in [-0.05, 0) is 92.9 Å². The zero-order chi connectivity index (χ0) is 23.9. The Bertz CT molecular complexity index is 1250. The molecule has 2 bridgehead atoms. The van der Waals surface area contributed by atoms with Gasteiger partial charge < -0.3 is 15.8 Å². The number of hydrogen-bond donors (Lipinski definition) is 2. The average molecular weight is 487 g/mol. The number of hydrogen-bond acceptors (Lipinski definition) is 4. The van der Waals surface area contributed by atoms with Gasteiger partial charge in [0, 0.05) is 17.5 Å². The molecule has 0 spiro atoms. The fourth-order valence-electron chi connectivity index (χ4n) is 7.04. The lowest BCUT2D eigenvalue weighted by Crippen LogP contribution is -2.28. The van der Waals surface area contributed by atoms with Gasteiger partial charge in [-0.1, -0.05) is 36.2 Å². The van der Waals surface area contributed by atoms with E-state index in [4.69, 9.17) is 20.4 Å². The van der Waals surface area contributed by atoms with Crippen LogP contribution in [0.4, 0.5) is 5.13 Å². The van der Waals surface area contributed by atoms with E-state index in [1.807, 2.05) is 35.7 Å². The zero-order valence-electron chi connectivity index (χ0n) is 20.5. The number of para-hydroxylation sites is 1. The first-order valence-electron chi connectivity index (χ1n) is 12.9. The topological polar surface area (TPSA) is 72.5 Å². The van der Waals surface area contributed by atoms with Crippen LogP contribution in [-0.2, 0) is 0 Å². The first-order chi connectivity index (χ1) is 17.0. The maximum absolute atomic E-state index is 6.29. The van der Waals surface area contributed by atoms with Crippen LogP contribution in [0.3, 0.4) is 0 Å². The molecule has 0 radical (unpaired) electrons. The van der Waals surface area contributed by atoms with Gasteiger partial charge in [-0.2, -0.15) is 0 Å². The lowest BCUT2D eigenvalue weighted by atomic mass is 9.76. The molecular formula is C29H34N4OS. The molecule has 182 valence electrons. The lowest BCUT2D eigenvalue weighted by Gasteiger charge is -2.30. The SMILES string of the molecule is Cc1ccc(Oc2ccccc2-c2csc(NC(N)=NCC3CC4CC3C3CCCC43)n2)c(C)c1. The number of aromatic nitrogens is 1. The molecule has 3 aliphatic carbocycles. The van der Waals surface area contributed by atoms with Crippen LogP contribution < -0.4 is 15.8 Å². The minimum atomic E-state index is 0.469. The number of aryl methyl sites for hydroxylation is 2. The lowest BCUT2D eigenvalue weighted by molar-refractivity contribution is 0.194. The van der Waals surface area contributed by atoms with Crippen molar-refractivity contribution in [2.45, 2.75) is 46.0 Å². The van der Waals surface area contributed by atoms with Crippen LogP contribution in [0.25, 0.3) is 11.3 Å². The Labute approximate surface area is 211 Å². The fraction of sp³-hybridized carbons (Fsp3) is 0.448. The number of anilines is 1. The molecule has 35 heavy (non-hydrogen) atoms. The van der Waals surface area contributed by atoms with E-state index in [2.05, 4.69) is 31.3 Å². The van der Waals surface area contributed by atoms with Gasteiger partial charge in [-0.25, -0.2) is 4.98 Å². The summed E-state index contributed by atoms with van der Waals surface area (Å²) in [6.45, 7) is 5.00. The van der Waals surface area contributed by atoms with Crippen LogP contribution in [-0.4, -0.2) is 17.5 Å². The van der Waals surface area contributed by atoms with Crippen molar-refractivity contribution in [3.63, 3.8) is 0 Å². The van der Waals surface area contributed by atoms with Gasteiger partial charge in [0.2, 0.25) is 0 Å². The van der Waals surface area contributed by atoms with Gasteiger partial charge in [0.05, 0.1) is 5.69 Å². The van der Waals surface area contributed by atoms with Crippen molar-refractivity contribution in [1.82, 2.24) is 4.98 Å². The van der Waals surface area contributed by atoms with Crippen molar-refractivity contribution in [2.75, 3.05) is 11.9 Å². The molecule has 3 saturated carbocycles. The minimum Gasteiger partial charge on any atom is -0.456 e. The number of guanidine groups is 1. The summed E-state index contributed by atoms with van der Waals surface area (Å²) < 4.78 is 6.29. The predicted molar refractivity (Wildman–Crippen MR) is 144 cm³/mol.